The largest absolute Gasteiger partial charge is 0.384 e. The van der Waals surface area contributed by atoms with Gasteiger partial charge < -0.3 is 5.32 Å². The standard InChI is InChI=1S/C18H23NS/c1-14-4-6-18(7-5-14)19-8-9-20-13-17-11-15(2)10-16(3)12-17/h4-7,10-12,19H,8-9,13H2,1-3H3. The van der Waals surface area contributed by atoms with Crippen LogP contribution in [0.15, 0.2) is 42.5 Å². The molecule has 0 aliphatic rings. The van der Waals surface area contributed by atoms with E-state index in [9.17, 15) is 0 Å². The number of hydrogen-bond acceptors (Lipinski definition) is 2. The van der Waals surface area contributed by atoms with Gasteiger partial charge in [-0.1, -0.05) is 47.0 Å². The van der Waals surface area contributed by atoms with Crippen molar-refractivity contribution in [1.82, 2.24) is 0 Å². The molecule has 0 bridgehead atoms. The van der Waals surface area contributed by atoms with Gasteiger partial charge in [-0.3, -0.25) is 0 Å². The lowest BCUT2D eigenvalue weighted by Gasteiger charge is -2.07. The van der Waals surface area contributed by atoms with Crippen molar-refractivity contribution in [2.24, 2.45) is 0 Å². The molecule has 0 radical (unpaired) electrons. The summed E-state index contributed by atoms with van der Waals surface area (Å²) in [6, 6.07) is 15.4. The number of thioether (sulfide) groups is 1. The molecule has 2 heteroatoms. The molecule has 0 aliphatic carbocycles. The van der Waals surface area contributed by atoms with Crippen molar-refractivity contribution < 1.29 is 0 Å². The maximum absolute atomic E-state index is 3.46. The summed E-state index contributed by atoms with van der Waals surface area (Å²) in [5, 5.41) is 3.46. The van der Waals surface area contributed by atoms with Gasteiger partial charge in [-0.15, -0.1) is 0 Å². The lowest BCUT2D eigenvalue weighted by Crippen LogP contribution is -2.04. The Balaban J connectivity index is 1.70. The minimum Gasteiger partial charge on any atom is -0.384 e. The molecule has 0 atom stereocenters. The lowest BCUT2D eigenvalue weighted by molar-refractivity contribution is 1.22. The summed E-state index contributed by atoms with van der Waals surface area (Å²) in [4.78, 5) is 0. The van der Waals surface area contributed by atoms with Gasteiger partial charge >= 0.3 is 0 Å². The second-order valence-electron chi connectivity index (χ2n) is 5.34. The van der Waals surface area contributed by atoms with Gasteiger partial charge in [0.05, 0.1) is 0 Å². The first-order valence-corrected chi connectivity index (χ1v) is 8.24. The van der Waals surface area contributed by atoms with Crippen molar-refractivity contribution in [3.63, 3.8) is 0 Å². The first-order chi connectivity index (χ1) is 9.63. The van der Waals surface area contributed by atoms with Crippen LogP contribution in [0.3, 0.4) is 0 Å². The average molecular weight is 285 g/mol. The lowest BCUT2D eigenvalue weighted by atomic mass is 10.1. The third-order valence-corrected chi connectivity index (χ3v) is 4.21. The van der Waals surface area contributed by atoms with Crippen LogP contribution < -0.4 is 5.32 Å². The molecule has 0 fully saturated rings. The fourth-order valence-corrected chi connectivity index (χ4v) is 3.07. The second-order valence-corrected chi connectivity index (χ2v) is 6.45. The van der Waals surface area contributed by atoms with Crippen LogP contribution in [0.4, 0.5) is 5.69 Å². The third-order valence-electron chi connectivity index (χ3n) is 3.18. The molecule has 1 N–H and O–H groups in total. The Bertz CT molecular complexity index is 526. The number of benzene rings is 2. The van der Waals surface area contributed by atoms with Crippen LogP contribution in [0, 0.1) is 20.8 Å². The van der Waals surface area contributed by atoms with Gasteiger partial charge in [0, 0.05) is 23.7 Å². The van der Waals surface area contributed by atoms with Crippen molar-refractivity contribution >= 4 is 17.4 Å². The van der Waals surface area contributed by atoms with Crippen molar-refractivity contribution in [2.45, 2.75) is 26.5 Å². The van der Waals surface area contributed by atoms with Crippen LogP contribution >= 0.6 is 11.8 Å². The van der Waals surface area contributed by atoms with E-state index in [1.54, 1.807) is 0 Å². The van der Waals surface area contributed by atoms with Gasteiger partial charge in [0.25, 0.3) is 0 Å². The highest BCUT2D eigenvalue weighted by atomic mass is 32.2. The van der Waals surface area contributed by atoms with E-state index >= 15 is 0 Å². The number of nitrogens with one attached hydrogen (secondary N) is 1. The Morgan fingerprint density at radius 3 is 2.15 bits per heavy atom. The number of anilines is 1. The van der Waals surface area contributed by atoms with Crippen molar-refractivity contribution in [3.8, 4) is 0 Å². The van der Waals surface area contributed by atoms with Crippen LogP contribution in [0.1, 0.15) is 22.3 Å². The Morgan fingerprint density at radius 2 is 1.50 bits per heavy atom. The Morgan fingerprint density at radius 1 is 0.850 bits per heavy atom. The average Bonchev–Trinajstić information content (AvgIpc) is 2.39. The molecule has 0 heterocycles. The zero-order valence-electron chi connectivity index (χ0n) is 12.6. The van der Waals surface area contributed by atoms with Crippen LogP contribution in [0.5, 0.6) is 0 Å². The number of aryl methyl sites for hydroxylation is 3. The molecule has 20 heavy (non-hydrogen) atoms. The molecule has 0 aromatic heterocycles. The fourth-order valence-electron chi connectivity index (χ4n) is 2.28. The normalized spacial score (nSPS) is 10.6. The van der Waals surface area contributed by atoms with Crippen LogP contribution in [0.2, 0.25) is 0 Å². The van der Waals surface area contributed by atoms with Gasteiger partial charge in [0.1, 0.15) is 0 Å². The molecular formula is C18H23NS. The SMILES string of the molecule is Cc1ccc(NCCSCc2cc(C)cc(C)c2)cc1. The Labute approximate surface area is 126 Å². The molecule has 2 rings (SSSR count). The quantitative estimate of drug-likeness (QED) is 0.753. The van der Waals surface area contributed by atoms with Crippen LogP contribution in [-0.4, -0.2) is 12.3 Å². The van der Waals surface area contributed by atoms with Gasteiger partial charge in [-0.2, -0.15) is 11.8 Å². The maximum atomic E-state index is 3.46. The molecule has 0 unspecified atom stereocenters. The van der Waals surface area contributed by atoms with E-state index in [4.69, 9.17) is 0 Å². The summed E-state index contributed by atoms with van der Waals surface area (Å²) in [5.41, 5.74) is 6.67. The highest BCUT2D eigenvalue weighted by Gasteiger charge is 1.97. The smallest absolute Gasteiger partial charge is 0.0340 e. The summed E-state index contributed by atoms with van der Waals surface area (Å²) in [6.07, 6.45) is 0. The Hall–Kier alpha value is -1.41. The summed E-state index contributed by atoms with van der Waals surface area (Å²) < 4.78 is 0. The molecule has 1 nitrogen and oxygen atoms in total. The molecule has 2 aromatic carbocycles. The summed E-state index contributed by atoms with van der Waals surface area (Å²) in [7, 11) is 0. The van der Waals surface area contributed by atoms with Crippen molar-refractivity contribution in [3.05, 3.63) is 64.7 Å². The van der Waals surface area contributed by atoms with E-state index in [1.165, 1.54) is 27.9 Å². The molecule has 0 spiro atoms. The zero-order chi connectivity index (χ0) is 14.4. The van der Waals surface area contributed by atoms with Crippen molar-refractivity contribution in [2.75, 3.05) is 17.6 Å². The minimum atomic E-state index is 1.01. The third kappa shape index (κ3) is 4.93. The molecule has 0 saturated heterocycles. The highest BCUT2D eigenvalue weighted by Crippen LogP contribution is 2.16. The van der Waals surface area contributed by atoms with Gasteiger partial charge in [-0.05, 0) is 38.5 Å². The second kappa shape index (κ2) is 7.39. The highest BCUT2D eigenvalue weighted by molar-refractivity contribution is 7.98. The van der Waals surface area contributed by atoms with Gasteiger partial charge in [0.15, 0.2) is 0 Å². The fraction of sp³-hybridized carbons (Fsp3) is 0.333. The van der Waals surface area contributed by atoms with E-state index in [0.29, 0.717) is 0 Å². The molecule has 106 valence electrons. The van der Waals surface area contributed by atoms with E-state index < -0.39 is 0 Å². The number of hydrogen-bond donors (Lipinski definition) is 1. The monoisotopic (exact) mass is 285 g/mol. The number of rotatable bonds is 6. The molecule has 0 saturated carbocycles. The van der Waals surface area contributed by atoms with Crippen LogP contribution in [-0.2, 0) is 5.75 Å². The molecule has 2 aromatic rings. The van der Waals surface area contributed by atoms with E-state index in [2.05, 4.69) is 68.6 Å². The molecular weight excluding hydrogens is 262 g/mol. The van der Waals surface area contributed by atoms with Gasteiger partial charge in [-0.25, -0.2) is 0 Å². The molecule has 0 aliphatic heterocycles. The predicted molar refractivity (Wildman–Crippen MR) is 91.7 cm³/mol. The van der Waals surface area contributed by atoms with Crippen molar-refractivity contribution in [1.29, 1.82) is 0 Å². The summed E-state index contributed by atoms with van der Waals surface area (Å²) >= 11 is 1.98. The zero-order valence-corrected chi connectivity index (χ0v) is 13.4. The van der Waals surface area contributed by atoms with Gasteiger partial charge in [0.2, 0.25) is 0 Å². The summed E-state index contributed by atoms with van der Waals surface area (Å²) in [6.45, 7) is 7.46. The predicted octanol–water partition coefficient (Wildman–Crippen LogP) is 4.96. The van der Waals surface area contributed by atoms with E-state index in [0.717, 1.165) is 18.1 Å². The van der Waals surface area contributed by atoms with E-state index in [-0.39, 0.29) is 0 Å². The minimum absolute atomic E-state index is 1.01. The Kier molecular flexibility index (Phi) is 5.54. The topological polar surface area (TPSA) is 12.0 Å². The van der Waals surface area contributed by atoms with E-state index in [1.807, 2.05) is 11.8 Å². The maximum Gasteiger partial charge on any atom is 0.0340 e. The molecule has 0 amide bonds. The summed E-state index contributed by atoms with van der Waals surface area (Å²) in [5.74, 6) is 2.22. The first kappa shape index (κ1) is 15.0. The van der Waals surface area contributed by atoms with Crippen LogP contribution in [0.25, 0.3) is 0 Å². The first-order valence-electron chi connectivity index (χ1n) is 7.09.